The van der Waals surface area contributed by atoms with E-state index in [9.17, 15) is 10.0 Å². The average molecular weight is 394 g/mol. The first-order valence-electron chi connectivity index (χ1n) is 7.95. The Kier molecular flexibility index (Phi) is 4.13. The number of halogens is 2. The van der Waals surface area contributed by atoms with Crippen molar-refractivity contribution in [3.63, 3.8) is 0 Å². The van der Waals surface area contributed by atoms with E-state index in [4.69, 9.17) is 27.9 Å². The van der Waals surface area contributed by atoms with Crippen LogP contribution in [-0.2, 0) is 0 Å². The molecule has 3 aromatic heterocycles. The van der Waals surface area contributed by atoms with Gasteiger partial charge < -0.3 is 10.1 Å². The number of pyridine rings is 2. The topological polar surface area (TPSA) is 79.7 Å². The lowest BCUT2D eigenvalue weighted by Gasteiger charge is -2.10. The number of anilines is 1. The number of rotatable bonds is 4. The molecule has 1 amide bonds. The highest BCUT2D eigenvalue weighted by atomic mass is 35.5. The standard InChI is InChI=1S/C17H14Cl2N4O3/c1-26-15-5-4-10(14-6-13(9-2-3-9)21-23(14)15)17(24)20-16-11(18)7-22(25)8-12(16)19/h4-9,25H,2-3H2,1H3/p+1. The third-order valence-corrected chi connectivity index (χ3v) is 4.84. The van der Waals surface area contributed by atoms with E-state index in [0.717, 1.165) is 23.3 Å². The first kappa shape index (κ1) is 16.9. The number of nitrogens with zero attached hydrogens (tertiary/aromatic N) is 3. The number of carbonyl (C=O) groups is 1. The maximum Gasteiger partial charge on any atom is 0.257 e. The minimum absolute atomic E-state index is 0.116. The molecule has 0 aromatic carbocycles. The van der Waals surface area contributed by atoms with E-state index < -0.39 is 0 Å². The van der Waals surface area contributed by atoms with Crippen LogP contribution in [-0.4, -0.2) is 27.8 Å². The van der Waals surface area contributed by atoms with Crippen LogP contribution >= 0.6 is 23.2 Å². The molecule has 0 spiro atoms. The molecule has 7 nitrogen and oxygen atoms in total. The van der Waals surface area contributed by atoms with Gasteiger partial charge in [-0.1, -0.05) is 23.2 Å². The van der Waals surface area contributed by atoms with E-state index in [1.807, 2.05) is 6.07 Å². The molecule has 1 aliphatic rings. The molecule has 1 aliphatic carbocycles. The van der Waals surface area contributed by atoms with Crippen LogP contribution in [0.4, 0.5) is 5.69 Å². The highest BCUT2D eigenvalue weighted by Gasteiger charge is 2.28. The molecule has 1 saturated carbocycles. The second kappa shape index (κ2) is 6.34. The Hall–Kier alpha value is -2.51. The number of aromatic nitrogens is 3. The lowest BCUT2D eigenvalue weighted by atomic mass is 10.2. The van der Waals surface area contributed by atoms with Crippen LogP contribution in [0.25, 0.3) is 5.52 Å². The van der Waals surface area contributed by atoms with Gasteiger partial charge in [-0.2, -0.15) is 9.61 Å². The summed E-state index contributed by atoms with van der Waals surface area (Å²) in [4.78, 5) is 12.8. The van der Waals surface area contributed by atoms with Crippen LogP contribution < -0.4 is 14.8 Å². The van der Waals surface area contributed by atoms with E-state index in [0.29, 0.717) is 22.9 Å². The van der Waals surface area contributed by atoms with Crippen LogP contribution in [0, 0.1) is 0 Å². The van der Waals surface area contributed by atoms with E-state index in [2.05, 4.69) is 10.4 Å². The van der Waals surface area contributed by atoms with Crippen molar-refractivity contribution in [2.45, 2.75) is 18.8 Å². The van der Waals surface area contributed by atoms with Crippen LogP contribution in [0.5, 0.6) is 5.88 Å². The minimum Gasteiger partial charge on any atom is -0.481 e. The number of fused-ring (bicyclic) bond motifs is 1. The fourth-order valence-electron chi connectivity index (χ4n) is 2.81. The smallest absolute Gasteiger partial charge is 0.257 e. The number of hydrogen-bond acceptors (Lipinski definition) is 4. The summed E-state index contributed by atoms with van der Waals surface area (Å²) in [6.45, 7) is 0. The fraction of sp³-hybridized carbons (Fsp3) is 0.235. The molecular weight excluding hydrogens is 379 g/mol. The van der Waals surface area contributed by atoms with Gasteiger partial charge in [0.1, 0.15) is 10.0 Å². The summed E-state index contributed by atoms with van der Waals surface area (Å²) in [6.07, 6.45) is 4.67. The van der Waals surface area contributed by atoms with Crippen molar-refractivity contribution in [1.82, 2.24) is 9.61 Å². The molecule has 134 valence electrons. The Labute approximate surface area is 158 Å². The predicted octanol–water partition coefficient (Wildman–Crippen LogP) is 3.30. The SMILES string of the molecule is COc1ccc(C(=O)Nc2c(Cl)c[n+](O)cc2Cl)c2cc(C3CC3)nn12. The first-order chi connectivity index (χ1) is 12.5. The highest BCUT2D eigenvalue weighted by molar-refractivity contribution is 6.39. The van der Waals surface area contributed by atoms with Gasteiger partial charge in [0.15, 0.2) is 0 Å². The summed E-state index contributed by atoms with van der Waals surface area (Å²) in [6, 6.07) is 5.26. The molecule has 4 rings (SSSR count). The van der Waals surface area contributed by atoms with Crippen LogP contribution in [0.15, 0.2) is 30.6 Å². The molecule has 0 unspecified atom stereocenters. The van der Waals surface area contributed by atoms with Crippen molar-refractivity contribution in [3.05, 3.63) is 51.9 Å². The fourth-order valence-corrected chi connectivity index (χ4v) is 3.35. The second-order valence-corrected chi connectivity index (χ2v) is 6.91. The molecule has 0 bridgehead atoms. The van der Waals surface area contributed by atoms with Gasteiger partial charge in [-0.15, -0.1) is 0 Å². The Morgan fingerprint density at radius 1 is 1.35 bits per heavy atom. The van der Waals surface area contributed by atoms with Crippen LogP contribution in [0.2, 0.25) is 10.0 Å². The first-order valence-corrected chi connectivity index (χ1v) is 8.71. The molecular formula is C17H15Cl2N4O3+. The Morgan fingerprint density at radius 2 is 2.04 bits per heavy atom. The van der Waals surface area contributed by atoms with E-state index >= 15 is 0 Å². The number of hydrogen-bond donors (Lipinski definition) is 2. The van der Waals surface area contributed by atoms with Crippen molar-refractivity contribution in [2.24, 2.45) is 0 Å². The Bertz CT molecular complexity index is 1010. The van der Waals surface area contributed by atoms with Crippen molar-refractivity contribution in [1.29, 1.82) is 0 Å². The molecule has 0 atom stereocenters. The summed E-state index contributed by atoms with van der Waals surface area (Å²) in [7, 11) is 1.56. The highest BCUT2D eigenvalue weighted by Crippen LogP contribution is 2.40. The largest absolute Gasteiger partial charge is 0.481 e. The second-order valence-electron chi connectivity index (χ2n) is 6.09. The number of nitrogens with one attached hydrogen (secondary N) is 1. The molecule has 3 aromatic rings. The molecule has 0 saturated heterocycles. The summed E-state index contributed by atoms with van der Waals surface area (Å²) in [5, 5.41) is 16.9. The molecule has 0 radical (unpaired) electrons. The van der Waals surface area contributed by atoms with E-state index in [1.165, 1.54) is 12.4 Å². The maximum atomic E-state index is 12.8. The third-order valence-electron chi connectivity index (χ3n) is 4.26. The summed E-state index contributed by atoms with van der Waals surface area (Å²) in [5.74, 6) is 0.591. The summed E-state index contributed by atoms with van der Waals surface area (Å²) < 4.78 is 7.69. The molecule has 2 N–H and O–H groups in total. The van der Waals surface area contributed by atoms with Gasteiger partial charge in [-0.05, 0) is 25.0 Å². The van der Waals surface area contributed by atoms with Crippen LogP contribution in [0.3, 0.4) is 0 Å². The molecule has 26 heavy (non-hydrogen) atoms. The Morgan fingerprint density at radius 3 is 2.65 bits per heavy atom. The van der Waals surface area contributed by atoms with Gasteiger partial charge in [-0.3, -0.25) is 10.0 Å². The van der Waals surface area contributed by atoms with Crippen molar-refractivity contribution in [2.75, 3.05) is 12.4 Å². The predicted molar refractivity (Wildman–Crippen MR) is 95.5 cm³/mol. The quantitative estimate of drug-likeness (QED) is 0.526. The zero-order valence-electron chi connectivity index (χ0n) is 13.7. The third kappa shape index (κ3) is 2.93. The van der Waals surface area contributed by atoms with Gasteiger partial charge in [0.05, 0.1) is 29.6 Å². The van der Waals surface area contributed by atoms with Crippen molar-refractivity contribution >= 4 is 40.3 Å². The number of ether oxygens (including phenoxy) is 1. The lowest BCUT2D eigenvalue weighted by molar-refractivity contribution is -0.904. The molecule has 1 fully saturated rings. The van der Waals surface area contributed by atoms with Gasteiger partial charge in [-0.25, -0.2) is 0 Å². The van der Waals surface area contributed by atoms with E-state index in [1.54, 1.807) is 23.8 Å². The molecule has 9 heteroatoms. The number of carbonyl (C=O) groups excluding carboxylic acids is 1. The minimum atomic E-state index is -0.389. The number of methoxy groups -OCH3 is 1. The Balaban J connectivity index is 1.75. The normalized spacial score (nSPS) is 13.8. The lowest BCUT2D eigenvalue weighted by Crippen LogP contribution is -2.29. The van der Waals surface area contributed by atoms with Crippen molar-refractivity contribution in [3.8, 4) is 5.88 Å². The van der Waals surface area contributed by atoms with Gasteiger partial charge in [0.2, 0.25) is 18.3 Å². The summed E-state index contributed by atoms with van der Waals surface area (Å²) >= 11 is 12.1. The monoisotopic (exact) mass is 393 g/mol. The average Bonchev–Trinajstić information content (AvgIpc) is 3.35. The summed E-state index contributed by atoms with van der Waals surface area (Å²) in [5.41, 5.74) is 2.22. The number of amides is 1. The van der Waals surface area contributed by atoms with Gasteiger partial charge in [0, 0.05) is 16.7 Å². The van der Waals surface area contributed by atoms with Crippen LogP contribution in [0.1, 0.15) is 34.8 Å². The van der Waals surface area contributed by atoms with Gasteiger partial charge >= 0.3 is 0 Å². The maximum absolute atomic E-state index is 12.8. The van der Waals surface area contributed by atoms with Gasteiger partial charge in [0.25, 0.3) is 5.91 Å². The molecule has 0 aliphatic heterocycles. The zero-order chi connectivity index (χ0) is 18.4. The van der Waals surface area contributed by atoms with Crippen molar-refractivity contribution < 1.29 is 19.5 Å². The zero-order valence-corrected chi connectivity index (χ0v) is 15.3. The molecule has 3 heterocycles. The van der Waals surface area contributed by atoms with E-state index in [-0.39, 0.29) is 21.6 Å².